The summed E-state index contributed by atoms with van der Waals surface area (Å²) in [6, 6.07) is 7.16. The number of carbonyl (C=O) groups is 1. The Morgan fingerprint density at radius 3 is 2.37 bits per heavy atom. The molecule has 0 heterocycles. The van der Waals surface area contributed by atoms with Gasteiger partial charge < -0.3 is 19.7 Å². The second kappa shape index (κ2) is 7.63. The van der Waals surface area contributed by atoms with Crippen LogP contribution < -0.4 is 14.8 Å². The first kappa shape index (κ1) is 15.3. The molecule has 0 aromatic heterocycles. The maximum atomic E-state index is 11.8. The number of likely N-dealkylation sites (N-methyl/N-ethyl adjacent to an activating group) is 1. The summed E-state index contributed by atoms with van der Waals surface area (Å²) in [5.74, 6) is 1.30. The van der Waals surface area contributed by atoms with Gasteiger partial charge in [-0.05, 0) is 45.3 Å². The highest BCUT2D eigenvalue weighted by atomic mass is 16.5. The van der Waals surface area contributed by atoms with Gasteiger partial charge in [0.25, 0.3) is 5.91 Å². The smallest absolute Gasteiger partial charge is 0.260 e. The minimum absolute atomic E-state index is 0.113. The Balaban J connectivity index is 2.40. The number of ether oxygens (including phenoxy) is 2. The molecule has 0 saturated carbocycles. The van der Waals surface area contributed by atoms with Gasteiger partial charge in [0, 0.05) is 13.1 Å². The molecule has 0 aliphatic carbocycles. The third-order valence-electron chi connectivity index (χ3n) is 2.60. The maximum absolute atomic E-state index is 11.8. The first-order valence-corrected chi connectivity index (χ1v) is 6.26. The first-order chi connectivity index (χ1) is 9.02. The molecule has 0 bridgehead atoms. The molecule has 106 valence electrons. The highest BCUT2D eigenvalue weighted by molar-refractivity contribution is 5.80. The van der Waals surface area contributed by atoms with Crippen LogP contribution in [0.4, 0.5) is 0 Å². The molecule has 1 aromatic carbocycles. The van der Waals surface area contributed by atoms with Crippen LogP contribution in [0, 0.1) is 0 Å². The molecule has 1 rings (SSSR count). The summed E-state index contributed by atoms with van der Waals surface area (Å²) in [6.07, 6.45) is -0.518. The molecule has 0 fully saturated rings. The molecule has 0 saturated heterocycles. The quantitative estimate of drug-likeness (QED) is 0.804. The van der Waals surface area contributed by atoms with Crippen molar-refractivity contribution in [2.45, 2.75) is 13.0 Å². The van der Waals surface area contributed by atoms with Gasteiger partial charge in [0.05, 0.1) is 7.11 Å². The molecule has 0 unspecified atom stereocenters. The van der Waals surface area contributed by atoms with Crippen molar-refractivity contribution in [3.05, 3.63) is 24.3 Å². The fraction of sp³-hybridized carbons (Fsp3) is 0.500. The van der Waals surface area contributed by atoms with Gasteiger partial charge in [-0.3, -0.25) is 4.79 Å². The van der Waals surface area contributed by atoms with Gasteiger partial charge in [-0.1, -0.05) is 0 Å². The molecule has 5 nitrogen and oxygen atoms in total. The van der Waals surface area contributed by atoms with E-state index in [1.165, 1.54) is 0 Å². The summed E-state index contributed by atoms with van der Waals surface area (Å²) >= 11 is 0. The summed E-state index contributed by atoms with van der Waals surface area (Å²) in [6.45, 7) is 3.15. The minimum Gasteiger partial charge on any atom is -0.497 e. The van der Waals surface area contributed by atoms with Crippen molar-refractivity contribution in [3.8, 4) is 11.5 Å². The normalized spacial score (nSPS) is 12.1. The second-order valence-electron chi connectivity index (χ2n) is 4.53. The van der Waals surface area contributed by atoms with E-state index in [0.29, 0.717) is 12.3 Å². The van der Waals surface area contributed by atoms with Crippen LogP contribution >= 0.6 is 0 Å². The lowest BCUT2D eigenvalue weighted by Gasteiger charge is -2.16. The van der Waals surface area contributed by atoms with Gasteiger partial charge in [0.15, 0.2) is 6.10 Å². The lowest BCUT2D eigenvalue weighted by molar-refractivity contribution is -0.127. The Morgan fingerprint density at radius 2 is 1.84 bits per heavy atom. The number of nitrogens with one attached hydrogen (secondary N) is 1. The van der Waals surface area contributed by atoms with E-state index in [1.54, 1.807) is 38.3 Å². The summed E-state index contributed by atoms with van der Waals surface area (Å²) in [5.41, 5.74) is 0. The Labute approximate surface area is 114 Å². The minimum atomic E-state index is -0.518. The van der Waals surface area contributed by atoms with E-state index in [0.717, 1.165) is 12.3 Å². The molecule has 1 N–H and O–H groups in total. The van der Waals surface area contributed by atoms with Crippen LogP contribution in [0.25, 0.3) is 0 Å². The fourth-order valence-corrected chi connectivity index (χ4v) is 1.46. The van der Waals surface area contributed by atoms with Crippen LogP contribution in [0.5, 0.6) is 11.5 Å². The van der Waals surface area contributed by atoms with E-state index in [2.05, 4.69) is 5.32 Å². The molecule has 1 amide bonds. The van der Waals surface area contributed by atoms with E-state index in [-0.39, 0.29) is 5.91 Å². The van der Waals surface area contributed by atoms with Crippen LogP contribution in [0.2, 0.25) is 0 Å². The molecule has 19 heavy (non-hydrogen) atoms. The van der Waals surface area contributed by atoms with Gasteiger partial charge in [-0.25, -0.2) is 0 Å². The van der Waals surface area contributed by atoms with E-state index in [1.807, 2.05) is 19.0 Å². The average molecular weight is 266 g/mol. The van der Waals surface area contributed by atoms with Crippen molar-refractivity contribution >= 4 is 5.91 Å². The third-order valence-corrected chi connectivity index (χ3v) is 2.60. The van der Waals surface area contributed by atoms with E-state index in [4.69, 9.17) is 9.47 Å². The van der Waals surface area contributed by atoms with Crippen molar-refractivity contribution in [2.24, 2.45) is 0 Å². The van der Waals surface area contributed by atoms with Crippen molar-refractivity contribution in [1.82, 2.24) is 10.2 Å². The number of hydrogen-bond acceptors (Lipinski definition) is 4. The van der Waals surface area contributed by atoms with Gasteiger partial charge in [0.2, 0.25) is 0 Å². The van der Waals surface area contributed by atoms with E-state index in [9.17, 15) is 4.79 Å². The molecule has 0 aliphatic heterocycles. The lowest BCUT2D eigenvalue weighted by Crippen LogP contribution is -2.39. The second-order valence-corrected chi connectivity index (χ2v) is 4.53. The number of methoxy groups -OCH3 is 1. The molecular weight excluding hydrogens is 244 g/mol. The van der Waals surface area contributed by atoms with Gasteiger partial charge >= 0.3 is 0 Å². The number of benzene rings is 1. The van der Waals surface area contributed by atoms with Crippen molar-refractivity contribution < 1.29 is 14.3 Å². The Bertz CT molecular complexity index is 390. The first-order valence-electron chi connectivity index (χ1n) is 6.26. The molecule has 0 spiro atoms. The standard InChI is InChI=1S/C14H22N2O3/c1-11(14(17)15-9-10-16(2)3)19-13-7-5-12(18-4)6-8-13/h5-8,11H,9-10H2,1-4H3,(H,15,17)/t11-/m0/s1. The summed E-state index contributed by atoms with van der Waals surface area (Å²) in [4.78, 5) is 13.8. The number of hydrogen-bond donors (Lipinski definition) is 1. The third kappa shape index (κ3) is 5.61. The van der Waals surface area contributed by atoms with Gasteiger partial charge in [-0.2, -0.15) is 0 Å². The molecule has 0 radical (unpaired) electrons. The van der Waals surface area contributed by atoms with Gasteiger partial charge in [-0.15, -0.1) is 0 Å². The zero-order valence-electron chi connectivity index (χ0n) is 12.0. The summed E-state index contributed by atoms with van der Waals surface area (Å²) in [5, 5.41) is 2.83. The largest absolute Gasteiger partial charge is 0.497 e. The SMILES string of the molecule is COc1ccc(O[C@@H](C)C(=O)NCCN(C)C)cc1. The topological polar surface area (TPSA) is 50.8 Å². The van der Waals surface area contributed by atoms with Crippen molar-refractivity contribution in [2.75, 3.05) is 34.3 Å². The summed E-state index contributed by atoms with van der Waals surface area (Å²) in [7, 11) is 5.53. The van der Waals surface area contributed by atoms with Crippen LogP contribution in [0.3, 0.4) is 0 Å². The molecule has 0 aliphatic rings. The lowest BCUT2D eigenvalue weighted by atomic mass is 10.3. The van der Waals surface area contributed by atoms with E-state index < -0.39 is 6.10 Å². The molecule has 5 heteroatoms. The molecule has 1 atom stereocenters. The number of amides is 1. The zero-order chi connectivity index (χ0) is 14.3. The van der Waals surface area contributed by atoms with Crippen LogP contribution in [0.15, 0.2) is 24.3 Å². The van der Waals surface area contributed by atoms with Crippen LogP contribution in [-0.4, -0.2) is 51.2 Å². The van der Waals surface area contributed by atoms with Crippen molar-refractivity contribution in [1.29, 1.82) is 0 Å². The number of nitrogens with zero attached hydrogens (tertiary/aromatic N) is 1. The molecular formula is C14H22N2O3. The maximum Gasteiger partial charge on any atom is 0.260 e. The number of carbonyl (C=O) groups excluding carboxylic acids is 1. The van der Waals surface area contributed by atoms with Crippen molar-refractivity contribution in [3.63, 3.8) is 0 Å². The predicted molar refractivity (Wildman–Crippen MR) is 74.6 cm³/mol. The number of rotatable bonds is 7. The predicted octanol–water partition coefficient (Wildman–Crippen LogP) is 1.14. The van der Waals surface area contributed by atoms with E-state index >= 15 is 0 Å². The highest BCUT2D eigenvalue weighted by Crippen LogP contribution is 2.18. The fourth-order valence-electron chi connectivity index (χ4n) is 1.46. The monoisotopic (exact) mass is 266 g/mol. The Hall–Kier alpha value is -1.75. The molecule has 1 aromatic rings. The van der Waals surface area contributed by atoms with Gasteiger partial charge in [0.1, 0.15) is 11.5 Å². The summed E-state index contributed by atoms with van der Waals surface area (Å²) < 4.78 is 10.6. The Kier molecular flexibility index (Phi) is 6.15. The van der Waals surface area contributed by atoms with Crippen LogP contribution in [-0.2, 0) is 4.79 Å². The highest BCUT2D eigenvalue weighted by Gasteiger charge is 2.13. The average Bonchev–Trinajstić information content (AvgIpc) is 2.39. The van der Waals surface area contributed by atoms with Crippen LogP contribution in [0.1, 0.15) is 6.92 Å². The zero-order valence-corrected chi connectivity index (χ0v) is 12.0. The Morgan fingerprint density at radius 1 is 1.26 bits per heavy atom.